The van der Waals surface area contributed by atoms with E-state index in [4.69, 9.17) is 5.11 Å². The summed E-state index contributed by atoms with van der Waals surface area (Å²) in [7, 11) is 1.83. The number of carbonyl (C=O) groups is 1. The van der Waals surface area contributed by atoms with Crippen LogP contribution < -0.4 is 0 Å². The van der Waals surface area contributed by atoms with Crippen molar-refractivity contribution >= 4 is 38.7 Å². The van der Waals surface area contributed by atoms with Gasteiger partial charge in [0.05, 0.1) is 11.9 Å². The highest BCUT2D eigenvalue weighted by Gasteiger charge is 2.14. The Labute approximate surface area is 111 Å². The number of nitrogens with zero attached hydrogens (tertiary/aromatic N) is 3. The normalized spacial score (nSPS) is 11.4. The fraction of sp³-hybridized carbons (Fsp3) is 0.167. The van der Waals surface area contributed by atoms with E-state index in [0.29, 0.717) is 0 Å². The van der Waals surface area contributed by atoms with Crippen LogP contribution in [-0.4, -0.2) is 25.0 Å². The van der Waals surface area contributed by atoms with Crippen LogP contribution >= 0.6 is 15.9 Å². The van der Waals surface area contributed by atoms with Gasteiger partial charge >= 0.3 is 5.97 Å². The number of fused-ring (bicyclic) bond motifs is 3. The predicted molar refractivity (Wildman–Crippen MR) is 70.7 cm³/mol. The van der Waals surface area contributed by atoms with Crippen molar-refractivity contribution in [2.45, 2.75) is 6.42 Å². The van der Waals surface area contributed by atoms with Gasteiger partial charge in [-0.25, -0.2) is 4.98 Å². The van der Waals surface area contributed by atoms with Gasteiger partial charge in [-0.05, 0) is 28.1 Å². The first-order chi connectivity index (χ1) is 8.58. The van der Waals surface area contributed by atoms with Crippen molar-refractivity contribution in [2.24, 2.45) is 7.05 Å². The lowest BCUT2D eigenvalue weighted by Gasteiger charge is -1.97. The number of rotatable bonds is 2. The zero-order valence-electron chi connectivity index (χ0n) is 9.59. The van der Waals surface area contributed by atoms with Gasteiger partial charge in [-0.1, -0.05) is 6.07 Å². The first kappa shape index (κ1) is 11.3. The number of halogens is 1. The third kappa shape index (κ3) is 1.53. The van der Waals surface area contributed by atoms with E-state index in [2.05, 4.69) is 20.9 Å². The Morgan fingerprint density at radius 2 is 2.28 bits per heavy atom. The van der Waals surface area contributed by atoms with Crippen molar-refractivity contribution in [3.8, 4) is 0 Å². The number of aromatic nitrogens is 3. The minimum Gasteiger partial charge on any atom is -0.481 e. The molecule has 3 rings (SSSR count). The molecule has 0 spiro atoms. The second-order valence-corrected chi connectivity index (χ2v) is 4.99. The average molecular weight is 308 g/mol. The average Bonchev–Trinajstić information content (AvgIpc) is 2.80. The molecule has 92 valence electrons. The lowest BCUT2D eigenvalue weighted by atomic mass is 10.3. The number of aryl methyl sites for hydroxylation is 1. The molecule has 0 aliphatic heterocycles. The molecule has 6 heteroatoms. The summed E-state index contributed by atoms with van der Waals surface area (Å²) in [6.45, 7) is 0. The lowest BCUT2D eigenvalue weighted by molar-refractivity contribution is -0.136. The number of hydrogen-bond donors (Lipinski definition) is 1. The van der Waals surface area contributed by atoms with E-state index in [0.717, 1.165) is 27.0 Å². The molecule has 0 aliphatic carbocycles. The molecule has 0 saturated carbocycles. The molecule has 1 N–H and O–H groups in total. The minimum absolute atomic E-state index is 0.00461. The summed E-state index contributed by atoms with van der Waals surface area (Å²) in [5.41, 5.74) is 2.57. The molecule has 0 amide bonds. The van der Waals surface area contributed by atoms with Crippen LogP contribution in [0.25, 0.3) is 16.8 Å². The highest BCUT2D eigenvalue weighted by molar-refractivity contribution is 9.10. The molecule has 5 nitrogen and oxygen atoms in total. The smallest absolute Gasteiger partial charge is 0.309 e. The molecule has 0 atom stereocenters. The molecule has 2 aromatic heterocycles. The van der Waals surface area contributed by atoms with E-state index in [1.807, 2.05) is 35.8 Å². The number of carboxylic acids is 1. The maximum absolute atomic E-state index is 10.8. The van der Waals surface area contributed by atoms with Gasteiger partial charge in [0.1, 0.15) is 5.52 Å². The third-order valence-electron chi connectivity index (χ3n) is 2.99. The van der Waals surface area contributed by atoms with Gasteiger partial charge in [0.2, 0.25) is 5.78 Å². The van der Waals surface area contributed by atoms with Gasteiger partial charge in [0.25, 0.3) is 0 Å². The molecule has 0 unspecified atom stereocenters. The fourth-order valence-electron chi connectivity index (χ4n) is 2.12. The van der Waals surface area contributed by atoms with Crippen LogP contribution in [0.2, 0.25) is 0 Å². The second kappa shape index (κ2) is 3.84. The van der Waals surface area contributed by atoms with E-state index in [1.165, 1.54) is 0 Å². The van der Waals surface area contributed by atoms with E-state index < -0.39 is 5.97 Å². The first-order valence-corrected chi connectivity index (χ1v) is 6.20. The number of aliphatic carboxylic acids is 1. The summed E-state index contributed by atoms with van der Waals surface area (Å²) in [5.74, 6) is -0.0995. The van der Waals surface area contributed by atoms with E-state index in [-0.39, 0.29) is 6.42 Å². The Balaban J connectivity index is 2.32. The number of benzene rings is 1. The lowest BCUT2D eigenvalue weighted by Crippen LogP contribution is -2.05. The molecule has 0 saturated heterocycles. The summed E-state index contributed by atoms with van der Waals surface area (Å²) in [5, 5.41) is 8.86. The van der Waals surface area contributed by atoms with Gasteiger partial charge in [-0.15, -0.1) is 0 Å². The van der Waals surface area contributed by atoms with E-state index in [1.54, 1.807) is 4.57 Å². The van der Waals surface area contributed by atoms with Crippen LogP contribution in [0.3, 0.4) is 0 Å². The van der Waals surface area contributed by atoms with Crippen molar-refractivity contribution in [3.63, 3.8) is 0 Å². The molecular formula is C12H10BrN3O2. The Kier molecular flexibility index (Phi) is 2.41. The number of para-hydroxylation sites is 1. The number of hydrogen-bond acceptors (Lipinski definition) is 2. The molecule has 3 aromatic rings. The standard InChI is InChI=1S/C12H10BrN3O2/c1-15-7(5-10(17)18)6-16-9-4-2-3-8(13)11(9)14-12(15)16/h2-4,6H,5H2,1H3,(H,17,18). The quantitative estimate of drug-likeness (QED) is 0.789. The van der Waals surface area contributed by atoms with Crippen molar-refractivity contribution < 1.29 is 9.90 Å². The molecular weight excluding hydrogens is 298 g/mol. The van der Waals surface area contributed by atoms with Crippen molar-refractivity contribution in [1.29, 1.82) is 0 Å². The van der Waals surface area contributed by atoms with Crippen LogP contribution in [0.4, 0.5) is 0 Å². The first-order valence-electron chi connectivity index (χ1n) is 5.40. The summed E-state index contributed by atoms with van der Waals surface area (Å²) in [6, 6.07) is 5.84. The zero-order valence-corrected chi connectivity index (χ0v) is 11.2. The Morgan fingerprint density at radius 1 is 1.50 bits per heavy atom. The molecule has 0 aliphatic rings. The SMILES string of the molecule is Cn1c(CC(=O)O)cn2c3cccc(Br)c3nc12. The van der Waals surface area contributed by atoms with E-state index >= 15 is 0 Å². The minimum atomic E-state index is -0.843. The second-order valence-electron chi connectivity index (χ2n) is 4.14. The number of carboxylic acid groups (broad SMARTS) is 1. The number of imidazole rings is 2. The summed E-state index contributed by atoms with van der Waals surface area (Å²) >= 11 is 3.46. The van der Waals surface area contributed by atoms with Crippen LogP contribution in [0.1, 0.15) is 5.69 Å². The van der Waals surface area contributed by atoms with E-state index in [9.17, 15) is 4.79 Å². The predicted octanol–water partition coefficient (Wildman–Crippen LogP) is 2.22. The summed E-state index contributed by atoms with van der Waals surface area (Å²) in [6.07, 6.45) is 1.82. The summed E-state index contributed by atoms with van der Waals surface area (Å²) < 4.78 is 4.65. The van der Waals surface area contributed by atoms with Gasteiger partial charge in [-0.3, -0.25) is 9.20 Å². The monoisotopic (exact) mass is 307 g/mol. The van der Waals surface area contributed by atoms with Gasteiger partial charge in [0.15, 0.2) is 0 Å². The Hall–Kier alpha value is -1.82. The third-order valence-corrected chi connectivity index (χ3v) is 3.63. The topological polar surface area (TPSA) is 59.5 Å². The zero-order chi connectivity index (χ0) is 12.9. The molecule has 0 fully saturated rings. The largest absolute Gasteiger partial charge is 0.481 e. The fourth-order valence-corrected chi connectivity index (χ4v) is 2.56. The van der Waals surface area contributed by atoms with Crippen molar-refractivity contribution in [1.82, 2.24) is 14.0 Å². The van der Waals surface area contributed by atoms with Crippen molar-refractivity contribution in [2.75, 3.05) is 0 Å². The molecule has 0 radical (unpaired) electrons. The Bertz CT molecular complexity index is 772. The van der Waals surface area contributed by atoms with Gasteiger partial charge < -0.3 is 9.67 Å². The van der Waals surface area contributed by atoms with Crippen LogP contribution in [0.15, 0.2) is 28.9 Å². The van der Waals surface area contributed by atoms with Crippen LogP contribution in [0, 0.1) is 0 Å². The maximum Gasteiger partial charge on any atom is 0.309 e. The van der Waals surface area contributed by atoms with Crippen LogP contribution in [0.5, 0.6) is 0 Å². The van der Waals surface area contributed by atoms with Crippen LogP contribution in [-0.2, 0) is 18.3 Å². The molecule has 2 heterocycles. The van der Waals surface area contributed by atoms with Gasteiger partial charge in [0, 0.05) is 23.4 Å². The maximum atomic E-state index is 10.8. The summed E-state index contributed by atoms with van der Waals surface area (Å²) in [4.78, 5) is 15.3. The van der Waals surface area contributed by atoms with Gasteiger partial charge in [-0.2, -0.15) is 0 Å². The Morgan fingerprint density at radius 3 is 3.00 bits per heavy atom. The highest BCUT2D eigenvalue weighted by atomic mass is 79.9. The van der Waals surface area contributed by atoms with Crippen molar-refractivity contribution in [3.05, 3.63) is 34.6 Å². The highest BCUT2D eigenvalue weighted by Crippen LogP contribution is 2.25. The molecule has 18 heavy (non-hydrogen) atoms. The molecule has 0 bridgehead atoms. The molecule has 1 aromatic carbocycles.